The van der Waals surface area contributed by atoms with Crippen LogP contribution in [0.15, 0.2) is 54.7 Å². The number of likely N-dealkylation sites (N-methyl/N-ethyl adjacent to an activating group) is 1. The molecule has 1 aliphatic heterocycles. The molecule has 0 spiro atoms. The fraction of sp³-hybridized carbons (Fsp3) is 0.686. The van der Waals surface area contributed by atoms with Crippen molar-refractivity contribution in [2.45, 2.75) is 371 Å². The molecule has 18 amide bonds. The average molecular weight is 2060 g/mol. The summed E-state index contributed by atoms with van der Waals surface area (Å²) in [6.07, 6.45) is 19.2. The third-order valence-electron chi connectivity index (χ3n) is 25.3. The van der Waals surface area contributed by atoms with Crippen LogP contribution in [0.1, 0.15) is 279 Å². The maximum Gasteiger partial charge on any atom is 0.245 e. The van der Waals surface area contributed by atoms with Gasteiger partial charge in [-0.25, -0.2) is 0 Å². The highest BCUT2D eigenvalue weighted by molar-refractivity contribution is 6.01. The fourth-order valence-electron chi connectivity index (χ4n) is 17.1. The lowest BCUT2D eigenvalue weighted by Gasteiger charge is -2.29. The number of aliphatic hydroxyl groups excluding tert-OH is 2. The molecule has 820 valence electrons. The van der Waals surface area contributed by atoms with Crippen LogP contribution in [-0.2, 0) is 99.1 Å². The maximum atomic E-state index is 14.7. The van der Waals surface area contributed by atoms with Crippen LogP contribution >= 0.6 is 0 Å². The minimum absolute atomic E-state index is 0.0143. The molecular weight excluding hydrogens is 1880 g/mol. The van der Waals surface area contributed by atoms with Crippen molar-refractivity contribution in [1.82, 2.24) is 95.0 Å². The SMILES string of the molecule is CCCCCCCCCCCCCCCC(=O)NCCCCC(NC(=O)C(CCCCN)NC(=O)C(CCCCN)NC(=O)C1CCCN1C(=O)CNC(=O)C(CC(C)C)NC(=O)C(CC(C)C)NC(=O)C(Cc1ccc(O)cc1)NC(=O)CNC(=O)C(C)NC(=O)C(CO)NC(=O)C(CC(N)=O)NC(=O)C(CC(C)C)NC(=O)C(NC(=O)C(Cc1c[nH]c2ccccc12)NC)C(C)O)C(=O)NC(CCCCN)C(N)=O. The number of primary amides is 2. The number of hydrogen-bond donors (Lipinski definition) is 25. The second-order valence-corrected chi connectivity index (χ2v) is 39.4. The van der Waals surface area contributed by atoms with E-state index in [2.05, 4.69) is 97.0 Å². The lowest BCUT2D eigenvalue weighted by Crippen LogP contribution is -2.61. The number of fused-ring (bicyclic) bond motifs is 1. The summed E-state index contributed by atoms with van der Waals surface area (Å²) in [5.41, 5.74) is 30.8. The van der Waals surface area contributed by atoms with Crippen molar-refractivity contribution in [3.05, 3.63) is 65.9 Å². The van der Waals surface area contributed by atoms with Gasteiger partial charge in [0.25, 0.3) is 0 Å². The predicted octanol–water partition coefficient (Wildman–Crippen LogP) is 0.335. The summed E-state index contributed by atoms with van der Waals surface area (Å²) in [5.74, 6) is -16.2. The quantitative estimate of drug-likeness (QED) is 0.0339. The number of amides is 18. The number of unbranched alkanes of at least 4 members (excludes halogenated alkanes) is 16. The molecule has 3 aromatic rings. The van der Waals surface area contributed by atoms with E-state index in [1.807, 2.05) is 24.3 Å². The Balaban J connectivity index is 1.42. The number of carbonyl (C=O) groups is 18. The smallest absolute Gasteiger partial charge is 0.245 e. The van der Waals surface area contributed by atoms with Crippen LogP contribution in [0.25, 0.3) is 10.9 Å². The highest BCUT2D eigenvalue weighted by atomic mass is 16.3. The van der Waals surface area contributed by atoms with Gasteiger partial charge in [0.2, 0.25) is 106 Å². The molecule has 0 saturated carbocycles. The second-order valence-electron chi connectivity index (χ2n) is 39.4. The van der Waals surface area contributed by atoms with Crippen LogP contribution in [-0.4, -0.2) is 282 Å². The number of aromatic amines is 1. The van der Waals surface area contributed by atoms with Gasteiger partial charge in [-0.05, 0) is 210 Å². The number of rotatable bonds is 76. The minimum Gasteiger partial charge on any atom is -0.508 e. The molecule has 44 heteroatoms. The first-order valence-corrected chi connectivity index (χ1v) is 52.3. The van der Waals surface area contributed by atoms with Gasteiger partial charge in [0, 0.05) is 43.0 Å². The molecule has 2 aromatic carbocycles. The molecule has 1 aromatic heterocycles. The molecule has 4 rings (SSSR count). The predicted molar refractivity (Wildman–Crippen MR) is 552 cm³/mol. The third kappa shape index (κ3) is 48.6. The molecule has 15 unspecified atom stereocenters. The van der Waals surface area contributed by atoms with Crippen molar-refractivity contribution in [3.63, 3.8) is 0 Å². The molecule has 146 heavy (non-hydrogen) atoms. The van der Waals surface area contributed by atoms with Gasteiger partial charge in [-0.1, -0.05) is 156 Å². The number of nitrogens with one attached hydrogen (secondary N) is 17. The summed E-state index contributed by atoms with van der Waals surface area (Å²) in [6.45, 7) is 13.7. The number of H-pyrrole nitrogens is 1. The largest absolute Gasteiger partial charge is 0.508 e. The van der Waals surface area contributed by atoms with Crippen LogP contribution in [0, 0.1) is 17.8 Å². The van der Waals surface area contributed by atoms with Crippen LogP contribution in [0.4, 0.5) is 0 Å². The number of phenolic OH excluding ortho intramolecular Hbond substituents is 1. The van der Waals surface area contributed by atoms with Gasteiger partial charge < -0.3 is 139 Å². The number of para-hydroxylation sites is 1. The summed E-state index contributed by atoms with van der Waals surface area (Å²) in [6, 6.07) is -6.43. The molecule has 2 heterocycles. The van der Waals surface area contributed by atoms with Crippen LogP contribution in [0.2, 0.25) is 0 Å². The van der Waals surface area contributed by atoms with E-state index in [-0.39, 0.29) is 113 Å². The Labute approximate surface area is 858 Å². The lowest BCUT2D eigenvalue weighted by molar-refractivity contribution is -0.140. The van der Waals surface area contributed by atoms with Crippen molar-refractivity contribution in [1.29, 1.82) is 0 Å². The Morgan fingerprint density at radius 1 is 0.425 bits per heavy atom. The first kappa shape index (κ1) is 126. The highest BCUT2D eigenvalue weighted by Crippen LogP contribution is 2.24. The van der Waals surface area contributed by atoms with Crippen LogP contribution in [0.3, 0.4) is 0 Å². The van der Waals surface area contributed by atoms with Crippen molar-refractivity contribution in [2.24, 2.45) is 46.4 Å². The van der Waals surface area contributed by atoms with E-state index in [1.165, 1.54) is 101 Å². The number of benzene rings is 2. The Hall–Kier alpha value is -12.0. The van der Waals surface area contributed by atoms with Gasteiger partial charge in [0.05, 0.1) is 38.3 Å². The monoisotopic (exact) mass is 2050 g/mol. The summed E-state index contributed by atoms with van der Waals surface area (Å²) in [5, 5.41) is 74.1. The standard InChI is InChI=1S/C102H171N23O21/c1-11-12-13-14-15-16-17-18-19-20-21-22-23-42-85(130)109-50-33-29-40-74(92(136)115-72(89(107)133)37-26-30-47-103)117-93(137)73(38-27-31-48-104)116-94(138)75(39-28-32-49-105)118-101(145)83-41-34-51-125(83)87(132)60-112-91(135)77(52-62(2)3)119-96(140)78(53-63(4)5)120-98(142)80(55-67-43-45-69(128)46-44-67)114-86(131)59-111-90(134)65(8)113-100(144)82(61-126)123-99(143)81(57-84(106)129)121-97(141)79(54-64(6)7)122-102(146)88(66(9)127)124-95(139)76(108-10)56-68-58-110-71-36-25-24-35-70(68)71/h24-25,35-36,43-46,58,62-66,72-83,88,108,110,126-128H,11-23,26-34,37-42,47-57,59-61,103-105H2,1-10H3,(H2,106,129)(H2,107,133)(H,109,130)(H,111,134)(H,112,135)(H,113,144)(H,114,131)(H,115,136)(H,116,138)(H,117,137)(H,118,145)(H,119,140)(H,120,142)(H,121,141)(H,122,146)(H,123,143)(H,124,139). The number of nitrogens with two attached hydrogens (primary N) is 5. The zero-order chi connectivity index (χ0) is 108. The van der Waals surface area contributed by atoms with Gasteiger partial charge in [0.15, 0.2) is 0 Å². The summed E-state index contributed by atoms with van der Waals surface area (Å²) >= 11 is 0. The highest BCUT2D eigenvalue weighted by Gasteiger charge is 2.41. The Morgan fingerprint density at radius 2 is 0.863 bits per heavy atom. The molecule has 1 fully saturated rings. The van der Waals surface area contributed by atoms with Gasteiger partial charge in [0.1, 0.15) is 84.3 Å². The van der Waals surface area contributed by atoms with E-state index in [1.54, 1.807) is 54.8 Å². The van der Waals surface area contributed by atoms with Gasteiger partial charge in [-0.15, -0.1) is 0 Å². The Kier molecular flexibility index (Phi) is 60.5. The Morgan fingerprint density at radius 3 is 1.37 bits per heavy atom. The molecule has 30 N–H and O–H groups in total. The molecule has 15 atom stereocenters. The van der Waals surface area contributed by atoms with Crippen LogP contribution in [0.5, 0.6) is 5.75 Å². The first-order valence-electron chi connectivity index (χ1n) is 52.3. The number of carbonyl (C=O) groups excluding carboxylic acids is 18. The summed E-state index contributed by atoms with van der Waals surface area (Å²) < 4.78 is 0. The number of aromatic nitrogens is 1. The zero-order valence-electron chi connectivity index (χ0n) is 87.3. The van der Waals surface area contributed by atoms with Crippen molar-refractivity contribution >= 4 is 117 Å². The minimum atomic E-state index is -1.87. The van der Waals surface area contributed by atoms with Crippen LogP contribution < -0.4 is 114 Å². The van der Waals surface area contributed by atoms with E-state index in [4.69, 9.17) is 28.7 Å². The van der Waals surface area contributed by atoms with E-state index < -0.39 is 217 Å². The molecule has 0 aliphatic carbocycles. The third-order valence-corrected chi connectivity index (χ3v) is 25.3. The fourth-order valence-corrected chi connectivity index (χ4v) is 17.1. The van der Waals surface area contributed by atoms with Gasteiger partial charge in [-0.2, -0.15) is 0 Å². The van der Waals surface area contributed by atoms with Crippen molar-refractivity contribution in [3.8, 4) is 5.75 Å². The lowest BCUT2D eigenvalue weighted by atomic mass is 9.99. The average Bonchev–Trinajstić information content (AvgIpc) is 1.67. The van der Waals surface area contributed by atoms with E-state index in [0.717, 1.165) is 42.1 Å². The molecule has 1 aliphatic rings. The van der Waals surface area contributed by atoms with Crippen molar-refractivity contribution in [2.75, 3.05) is 59.5 Å². The number of aliphatic hydroxyl groups is 2. The van der Waals surface area contributed by atoms with Crippen molar-refractivity contribution < 1.29 is 102 Å². The van der Waals surface area contributed by atoms with Gasteiger partial charge in [-0.3, -0.25) is 86.3 Å². The number of hydrogen-bond acceptors (Lipinski definition) is 25. The number of likely N-dealkylation sites (tertiary alicyclic amines) is 1. The second kappa shape index (κ2) is 70.0. The molecule has 0 radical (unpaired) electrons. The van der Waals surface area contributed by atoms with Gasteiger partial charge >= 0.3 is 0 Å². The first-order chi connectivity index (χ1) is 69.6. The molecule has 0 bridgehead atoms. The van der Waals surface area contributed by atoms with E-state index in [9.17, 15) is 102 Å². The molecule has 44 nitrogen and oxygen atoms in total. The van der Waals surface area contributed by atoms with E-state index >= 15 is 0 Å². The summed E-state index contributed by atoms with van der Waals surface area (Å²) in [4.78, 5) is 255. The molecule has 1 saturated heterocycles. The number of nitrogens with zero attached hydrogens (tertiary/aromatic N) is 1. The Bertz CT molecular complexity index is 4600. The zero-order valence-corrected chi connectivity index (χ0v) is 87.3. The maximum absolute atomic E-state index is 14.7. The summed E-state index contributed by atoms with van der Waals surface area (Å²) in [7, 11) is 1.54. The molecular formula is C102H171N23O21. The number of phenols is 1. The topological polar surface area (TPSA) is 710 Å². The normalized spacial score (nSPS) is 15.3. The number of aromatic hydroxyl groups is 1. The van der Waals surface area contributed by atoms with E-state index in [0.29, 0.717) is 82.9 Å².